The molecule has 11 nitrogen and oxygen atoms in total. The molecular formula is C30H37BrN5NaO6. The van der Waals surface area contributed by atoms with Gasteiger partial charge in [0, 0.05) is 16.6 Å². The van der Waals surface area contributed by atoms with Crippen molar-refractivity contribution < 1.29 is 59.2 Å². The zero-order chi connectivity index (χ0) is 31.9. The van der Waals surface area contributed by atoms with Gasteiger partial charge in [-0.05, 0) is 92.1 Å². The van der Waals surface area contributed by atoms with Crippen LogP contribution in [0.25, 0.3) is 0 Å². The van der Waals surface area contributed by atoms with Gasteiger partial charge in [0.05, 0.1) is 29.9 Å². The van der Waals surface area contributed by atoms with Crippen LogP contribution in [0.5, 0.6) is 11.5 Å². The number of nitrogens with two attached hydrogens (primary N) is 2. The monoisotopic (exact) mass is 665 g/mol. The second-order valence-electron chi connectivity index (χ2n) is 8.27. The molecule has 0 heterocycles. The van der Waals surface area contributed by atoms with Crippen molar-refractivity contribution in [1.82, 2.24) is 0 Å². The maximum atomic E-state index is 9.05. The maximum absolute atomic E-state index is 9.05. The van der Waals surface area contributed by atoms with E-state index in [0.29, 0.717) is 24.5 Å². The number of aliphatic hydroxyl groups excluding tert-OH is 2. The first-order valence-corrected chi connectivity index (χ1v) is 13.4. The van der Waals surface area contributed by atoms with E-state index >= 15 is 0 Å². The molecule has 226 valence electrons. The Morgan fingerprint density at radius 1 is 0.837 bits per heavy atom. The van der Waals surface area contributed by atoms with Gasteiger partial charge in [-0.2, -0.15) is 10.5 Å². The Labute approximate surface area is 283 Å². The van der Waals surface area contributed by atoms with Gasteiger partial charge in [0.25, 0.3) is 0 Å². The van der Waals surface area contributed by atoms with Crippen LogP contribution in [0.4, 0.5) is 0 Å². The minimum Gasteiger partial charge on any atom is -0.853 e. The minimum atomic E-state index is -0.375. The van der Waals surface area contributed by atoms with Crippen LogP contribution in [0.3, 0.4) is 0 Å². The van der Waals surface area contributed by atoms with Crippen LogP contribution in [-0.4, -0.2) is 55.7 Å². The summed E-state index contributed by atoms with van der Waals surface area (Å²) in [6.45, 7) is 6.06. The Morgan fingerprint density at radius 2 is 1.33 bits per heavy atom. The Kier molecular flexibility index (Phi) is 25.0. The molecule has 3 aromatic carbocycles. The smallest absolute Gasteiger partial charge is 0.853 e. The van der Waals surface area contributed by atoms with E-state index in [0.717, 1.165) is 38.0 Å². The standard InChI is InChI=1S/C10H15N3O2.C10H11NO2.C8H6BrN.C2H5O2.Na/c1-7-6-8(14-4-5-15-13)2-3-9(7)10(11)12;1-8-6-10(13-5-4-12)3-2-9(8)7-11;1-6-4-8(9)3-2-7(6)5-10;3-1-2-4;/h2-3,6H,4-5,13H2,1H3,(H3,11,12);2-3,6,12H,4-5H2,1H3;2-4H,1H3;3H,1-2H2;/q;;;-1;+1. The van der Waals surface area contributed by atoms with Crippen LogP contribution in [0.1, 0.15) is 33.4 Å². The van der Waals surface area contributed by atoms with Crippen molar-refractivity contribution in [2.45, 2.75) is 20.8 Å². The molecule has 0 radical (unpaired) electrons. The minimum absolute atomic E-state index is 0. The number of rotatable bonds is 9. The number of amidine groups is 1. The summed E-state index contributed by atoms with van der Waals surface area (Å²) < 4.78 is 11.5. The second-order valence-corrected chi connectivity index (χ2v) is 9.18. The van der Waals surface area contributed by atoms with Gasteiger partial charge in [-0.25, -0.2) is 5.90 Å². The van der Waals surface area contributed by atoms with E-state index in [1.54, 1.807) is 36.4 Å². The van der Waals surface area contributed by atoms with Gasteiger partial charge in [0.2, 0.25) is 0 Å². The number of hydrogen-bond donors (Lipinski definition) is 5. The summed E-state index contributed by atoms with van der Waals surface area (Å²) in [6.07, 6.45) is 0. The van der Waals surface area contributed by atoms with Crippen LogP contribution in [0, 0.1) is 48.8 Å². The van der Waals surface area contributed by atoms with Gasteiger partial charge in [-0.1, -0.05) is 15.9 Å². The predicted octanol–water partition coefficient (Wildman–Crippen LogP) is -0.242. The number of aryl methyl sites for hydroxylation is 3. The Balaban J connectivity index is 0. The van der Waals surface area contributed by atoms with E-state index < -0.39 is 0 Å². The van der Waals surface area contributed by atoms with Crippen LogP contribution in [-0.2, 0) is 4.84 Å². The molecule has 0 saturated carbocycles. The first-order chi connectivity index (χ1) is 20.1. The van der Waals surface area contributed by atoms with E-state index in [9.17, 15) is 0 Å². The summed E-state index contributed by atoms with van der Waals surface area (Å²) in [4.78, 5) is 4.38. The summed E-state index contributed by atoms with van der Waals surface area (Å²) in [5, 5.41) is 49.6. The molecule has 0 fully saturated rings. The zero-order valence-corrected chi connectivity index (χ0v) is 28.5. The van der Waals surface area contributed by atoms with Crippen molar-refractivity contribution >= 4 is 21.8 Å². The van der Waals surface area contributed by atoms with Crippen LogP contribution in [0.15, 0.2) is 59.1 Å². The number of nitrogens with zero attached hydrogens (tertiary/aromatic N) is 2. The van der Waals surface area contributed by atoms with Crippen molar-refractivity contribution in [3.8, 4) is 23.6 Å². The number of halogens is 1. The molecule has 0 saturated heterocycles. The molecule has 0 aliphatic rings. The fraction of sp³-hybridized carbons (Fsp3) is 0.300. The largest absolute Gasteiger partial charge is 1.00 e. The first-order valence-electron chi connectivity index (χ1n) is 12.6. The SMILES string of the molecule is Cc1cc(Br)ccc1C#N.Cc1cc(OCCO)ccc1C#N.Cc1cc(OCCON)ccc1C(=N)N.[Na+].[O-]CCO. The molecule has 0 amide bonds. The van der Waals surface area contributed by atoms with Crippen molar-refractivity contribution in [2.24, 2.45) is 11.6 Å². The quantitative estimate of drug-likeness (QED) is 0.0664. The summed E-state index contributed by atoms with van der Waals surface area (Å²) in [7, 11) is 0. The molecule has 0 aliphatic heterocycles. The molecule has 0 bridgehead atoms. The van der Waals surface area contributed by atoms with Crippen LogP contribution < -0.4 is 55.8 Å². The van der Waals surface area contributed by atoms with Gasteiger partial charge in [0.15, 0.2) is 0 Å². The zero-order valence-electron chi connectivity index (χ0n) is 24.9. The number of benzene rings is 3. The maximum Gasteiger partial charge on any atom is 1.00 e. The molecule has 0 atom stereocenters. The van der Waals surface area contributed by atoms with Gasteiger partial charge in [0.1, 0.15) is 37.2 Å². The number of hydrogen-bond acceptors (Lipinski definition) is 10. The Morgan fingerprint density at radius 3 is 1.74 bits per heavy atom. The number of nitrogens with one attached hydrogen (secondary N) is 1. The number of ether oxygens (including phenoxy) is 2. The fourth-order valence-electron chi connectivity index (χ4n) is 3.00. The van der Waals surface area contributed by atoms with E-state index in [1.165, 1.54) is 0 Å². The van der Waals surface area contributed by atoms with Crippen molar-refractivity contribution in [2.75, 3.05) is 39.6 Å². The van der Waals surface area contributed by atoms with Gasteiger partial charge in [-0.15, -0.1) is 6.61 Å². The fourth-order valence-corrected chi connectivity index (χ4v) is 3.48. The number of aliphatic hydroxyl groups is 2. The average molecular weight is 667 g/mol. The van der Waals surface area contributed by atoms with E-state index in [-0.39, 0.29) is 61.8 Å². The number of nitrogen functional groups attached to an aromatic ring is 1. The van der Waals surface area contributed by atoms with Crippen molar-refractivity contribution in [3.05, 3.63) is 92.5 Å². The molecule has 0 spiro atoms. The third kappa shape index (κ3) is 18.3. The molecule has 3 rings (SSSR count). The predicted molar refractivity (Wildman–Crippen MR) is 162 cm³/mol. The first kappa shape index (κ1) is 42.1. The van der Waals surface area contributed by atoms with Gasteiger partial charge >= 0.3 is 29.6 Å². The topological polar surface area (TPSA) is 215 Å². The van der Waals surface area contributed by atoms with Crippen molar-refractivity contribution in [1.29, 1.82) is 15.9 Å². The average Bonchev–Trinajstić information content (AvgIpc) is 2.97. The van der Waals surface area contributed by atoms with E-state index in [2.05, 4.69) is 32.9 Å². The second kappa shape index (κ2) is 25.5. The number of nitriles is 2. The summed E-state index contributed by atoms with van der Waals surface area (Å²) in [6, 6.07) is 20.3. The summed E-state index contributed by atoms with van der Waals surface area (Å²) in [5.74, 6) is 6.32. The Hall–Kier alpha value is -3.01. The molecule has 13 heteroatoms. The van der Waals surface area contributed by atoms with E-state index in [1.807, 2.05) is 39.0 Å². The molecule has 0 aliphatic carbocycles. The van der Waals surface area contributed by atoms with E-state index in [4.69, 9.17) is 52.4 Å². The normalized spacial score (nSPS) is 9.07. The molecule has 7 N–H and O–H groups in total. The molecule has 0 unspecified atom stereocenters. The third-order valence-corrected chi connectivity index (χ3v) is 5.53. The van der Waals surface area contributed by atoms with Crippen LogP contribution in [0.2, 0.25) is 0 Å². The third-order valence-electron chi connectivity index (χ3n) is 5.04. The molecular weight excluding hydrogens is 629 g/mol. The molecule has 43 heavy (non-hydrogen) atoms. The molecule has 0 aromatic heterocycles. The summed E-state index contributed by atoms with van der Waals surface area (Å²) >= 11 is 3.32. The van der Waals surface area contributed by atoms with Crippen molar-refractivity contribution in [3.63, 3.8) is 0 Å². The van der Waals surface area contributed by atoms with Crippen LogP contribution >= 0.6 is 15.9 Å². The Bertz CT molecular complexity index is 1330. The summed E-state index contributed by atoms with van der Waals surface area (Å²) in [5.41, 5.74) is 10.3. The van der Waals surface area contributed by atoms with Gasteiger partial charge < -0.3 is 35.4 Å². The van der Waals surface area contributed by atoms with Gasteiger partial charge in [-0.3, -0.25) is 5.41 Å². The molecule has 3 aromatic rings.